The number of nitrogens with zero attached hydrogens (tertiary/aromatic N) is 3. The molecule has 0 amide bonds. The van der Waals surface area contributed by atoms with Crippen molar-refractivity contribution in [3.63, 3.8) is 0 Å². The average molecular weight is 410 g/mol. The average Bonchev–Trinajstić information content (AvgIpc) is 2.89. The third-order valence-electron chi connectivity index (χ3n) is 5.41. The predicted octanol–water partition coefficient (Wildman–Crippen LogP) is 5.92. The molecule has 1 heterocycles. The Morgan fingerprint density at radius 3 is 1.12 bits per heavy atom. The number of rotatable bonds is 5. The molecule has 1 radical (unpaired) electrons. The summed E-state index contributed by atoms with van der Waals surface area (Å²) in [5, 5.41) is 0. The highest BCUT2D eigenvalue weighted by Crippen LogP contribution is 2.25. The molecule has 0 saturated heterocycles. The highest BCUT2D eigenvalue weighted by molar-refractivity contribution is 6.49. The summed E-state index contributed by atoms with van der Waals surface area (Å²) < 4.78 is 0. The van der Waals surface area contributed by atoms with Crippen molar-refractivity contribution in [2.45, 2.75) is 6.82 Å². The summed E-state index contributed by atoms with van der Waals surface area (Å²) in [6.45, 7) is 1.94. The van der Waals surface area contributed by atoms with Crippen molar-refractivity contribution in [1.82, 2.24) is 15.0 Å². The van der Waals surface area contributed by atoms with E-state index in [0.29, 0.717) is 17.4 Å². The molecule has 0 N–H and O–H groups in total. The SMILES string of the molecule is C[B]c1nc(-c2ccc(-c3ccccc3)cc2)nc(-c2ccc(-c3ccccc3)cc2)n1. The Morgan fingerprint density at radius 2 is 0.750 bits per heavy atom. The van der Waals surface area contributed by atoms with Crippen LogP contribution in [0.4, 0.5) is 0 Å². The maximum atomic E-state index is 4.78. The van der Waals surface area contributed by atoms with Crippen molar-refractivity contribution in [2.75, 3.05) is 0 Å². The maximum Gasteiger partial charge on any atom is 0.201 e. The molecule has 0 bridgehead atoms. The van der Waals surface area contributed by atoms with Gasteiger partial charge in [-0.05, 0) is 22.3 Å². The highest BCUT2D eigenvalue weighted by Gasteiger charge is 2.11. The minimum Gasteiger partial charge on any atom is -0.225 e. The Morgan fingerprint density at radius 1 is 0.406 bits per heavy atom. The van der Waals surface area contributed by atoms with E-state index in [0.717, 1.165) is 11.1 Å². The van der Waals surface area contributed by atoms with Gasteiger partial charge in [-0.25, -0.2) is 15.0 Å². The minimum atomic E-state index is 0.671. The van der Waals surface area contributed by atoms with Gasteiger partial charge in [-0.15, -0.1) is 0 Å². The second-order valence-electron chi connectivity index (χ2n) is 7.52. The number of hydrogen-bond acceptors (Lipinski definition) is 3. The quantitative estimate of drug-likeness (QED) is 0.338. The van der Waals surface area contributed by atoms with Crippen LogP contribution in [0.2, 0.25) is 6.82 Å². The van der Waals surface area contributed by atoms with Crippen molar-refractivity contribution < 1.29 is 0 Å². The Hall–Kier alpha value is -4.05. The van der Waals surface area contributed by atoms with Gasteiger partial charge in [0, 0.05) is 11.1 Å². The van der Waals surface area contributed by atoms with Crippen LogP contribution in [0.3, 0.4) is 0 Å². The summed E-state index contributed by atoms with van der Waals surface area (Å²) in [6.07, 6.45) is 0. The van der Waals surface area contributed by atoms with Gasteiger partial charge >= 0.3 is 0 Å². The van der Waals surface area contributed by atoms with E-state index in [-0.39, 0.29) is 0 Å². The monoisotopic (exact) mass is 410 g/mol. The Balaban J connectivity index is 1.48. The lowest BCUT2D eigenvalue weighted by Crippen LogP contribution is -2.22. The van der Waals surface area contributed by atoms with Gasteiger partial charge < -0.3 is 0 Å². The van der Waals surface area contributed by atoms with Gasteiger partial charge in [0.15, 0.2) is 11.6 Å². The Bertz CT molecular complexity index is 1220. The van der Waals surface area contributed by atoms with E-state index in [1.165, 1.54) is 22.3 Å². The Kier molecular flexibility index (Phi) is 5.59. The van der Waals surface area contributed by atoms with Crippen LogP contribution in [0.5, 0.6) is 0 Å². The van der Waals surface area contributed by atoms with Crippen LogP contribution in [-0.4, -0.2) is 22.2 Å². The van der Waals surface area contributed by atoms with E-state index >= 15 is 0 Å². The second kappa shape index (κ2) is 8.99. The van der Waals surface area contributed by atoms with E-state index in [4.69, 9.17) is 4.98 Å². The molecule has 5 aromatic rings. The number of hydrogen-bond donors (Lipinski definition) is 0. The molecule has 1 aromatic heterocycles. The first kappa shape index (κ1) is 19.9. The molecule has 0 spiro atoms. The van der Waals surface area contributed by atoms with Gasteiger partial charge in [0.05, 0.1) is 5.72 Å². The molecule has 0 unspecified atom stereocenters. The van der Waals surface area contributed by atoms with Gasteiger partial charge in [0.25, 0.3) is 0 Å². The van der Waals surface area contributed by atoms with Crippen molar-refractivity contribution in [1.29, 1.82) is 0 Å². The molecule has 0 fully saturated rings. The first-order valence-corrected chi connectivity index (χ1v) is 10.7. The normalized spacial score (nSPS) is 10.7. The van der Waals surface area contributed by atoms with Crippen molar-refractivity contribution in [3.8, 4) is 45.0 Å². The third kappa shape index (κ3) is 4.21. The van der Waals surface area contributed by atoms with Crippen LogP contribution in [0.25, 0.3) is 45.0 Å². The van der Waals surface area contributed by atoms with Crippen LogP contribution in [0.1, 0.15) is 0 Å². The zero-order valence-electron chi connectivity index (χ0n) is 17.8. The molecule has 0 aliphatic heterocycles. The lowest BCUT2D eigenvalue weighted by atomic mass is 9.81. The lowest BCUT2D eigenvalue weighted by molar-refractivity contribution is 1.10. The smallest absolute Gasteiger partial charge is 0.201 e. The largest absolute Gasteiger partial charge is 0.225 e. The Labute approximate surface area is 189 Å². The van der Waals surface area contributed by atoms with Crippen molar-refractivity contribution >= 4 is 13.0 Å². The highest BCUT2D eigenvalue weighted by atomic mass is 15.0. The van der Waals surface area contributed by atoms with E-state index in [2.05, 4.69) is 82.8 Å². The van der Waals surface area contributed by atoms with Crippen LogP contribution in [0.15, 0.2) is 109 Å². The summed E-state index contributed by atoms with van der Waals surface area (Å²) >= 11 is 0. The fraction of sp³-hybridized carbons (Fsp3) is 0.0357. The van der Waals surface area contributed by atoms with Crippen LogP contribution in [-0.2, 0) is 0 Å². The molecule has 151 valence electrons. The summed E-state index contributed by atoms with van der Waals surface area (Å²) in [5.74, 6) is 1.35. The van der Waals surface area contributed by atoms with Crippen molar-refractivity contribution in [3.05, 3.63) is 109 Å². The fourth-order valence-corrected chi connectivity index (χ4v) is 3.66. The lowest BCUT2D eigenvalue weighted by Gasteiger charge is -2.09. The van der Waals surface area contributed by atoms with Crippen LogP contribution in [0, 0.1) is 0 Å². The molecule has 3 nitrogen and oxygen atoms in total. The fourth-order valence-electron chi connectivity index (χ4n) is 3.66. The molecule has 4 aromatic carbocycles. The summed E-state index contributed by atoms with van der Waals surface area (Å²) in [7, 11) is 1.91. The van der Waals surface area contributed by atoms with E-state index in [9.17, 15) is 0 Å². The molecule has 0 aliphatic rings. The number of aromatic nitrogens is 3. The van der Waals surface area contributed by atoms with Crippen LogP contribution < -0.4 is 5.72 Å². The molecular weight excluding hydrogens is 389 g/mol. The van der Waals surface area contributed by atoms with E-state index < -0.39 is 0 Å². The maximum absolute atomic E-state index is 4.78. The molecule has 0 aliphatic carbocycles. The van der Waals surface area contributed by atoms with Gasteiger partial charge in [-0.2, -0.15) is 0 Å². The van der Waals surface area contributed by atoms with Gasteiger partial charge in [-0.1, -0.05) is 116 Å². The number of benzene rings is 4. The first-order valence-electron chi connectivity index (χ1n) is 10.7. The molecule has 32 heavy (non-hydrogen) atoms. The second-order valence-corrected chi connectivity index (χ2v) is 7.52. The van der Waals surface area contributed by atoms with E-state index in [1.807, 2.05) is 50.5 Å². The first-order chi connectivity index (χ1) is 15.8. The van der Waals surface area contributed by atoms with Crippen LogP contribution >= 0.6 is 0 Å². The van der Waals surface area contributed by atoms with Gasteiger partial charge in [0.2, 0.25) is 7.28 Å². The summed E-state index contributed by atoms with van der Waals surface area (Å²) in [5.41, 5.74) is 7.33. The third-order valence-corrected chi connectivity index (χ3v) is 5.41. The van der Waals surface area contributed by atoms with E-state index in [1.54, 1.807) is 0 Å². The molecule has 0 atom stereocenters. The molecular formula is C28H21BN3. The zero-order chi connectivity index (χ0) is 21.8. The summed E-state index contributed by atoms with van der Waals surface area (Å²) in [6, 6.07) is 37.4. The van der Waals surface area contributed by atoms with Crippen molar-refractivity contribution in [2.24, 2.45) is 0 Å². The predicted molar refractivity (Wildman–Crippen MR) is 133 cm³/mol. The molecule has 0 saturated carbocycles. The topological polar surface area (TPSA) is 38.7 Å². The summed E-state index contributed by atoms with van der Waals surface area (Å²) in [4.78, 5) is 14.1. The molecule has 5 rings (SSSR count). The van der Waals surface area contributed by atoms with Gasteiger partial charge in [0.1, 0.15) is 0 Å². The minimum absolute atomic E-state index is 0.671. The zero-order valence-corrected chi connectivity index (χ0v) is 17.8. The standard InChI is InChI=1S/C28H21BN3/c1-29-28-31-26(24-16-12-22(13-17-24)20-8-4-2-5-9-20)30-27(32-28)25-18-14-23(15-19-25)21-10-6-3-7-11-21/h2-19H,1H3. The van der Waals surface area contributed by atoms with Gasteiger partial charge in [-0.3, -0.25) is 0 Å². The molecule has 4 heteroatoms.